The molecule has 0 bridgehead atoms. The second-order valence-corrected chi connectivity index (χ2v) is 6.32. The van der Waals surface area contributed by atoms with Crippen molar-refractivity contribution in [2.45, 2.75) is 20.5 Å². The second-order valence-electron chi connectivity index (χ2n) is 5.88. The molecule has 0 aliphatic carbocycles. The van der Waals surface area contributed by atoms with Crippen LogP contribution in [0.2, 0.25) is 5.02 Å². The predicted molar refractivity (Wildman–Crippen MR) is 95.9 cm³/mol. The number of rotatable bonds is 7. The zero-order valence-electron chi connectivity index (χ0n) is 14.1. The lowest BCUT2D eigenvalue weighted by Gasteiger charge is -2.13. The summed E-state index contributed by atoms with van der Waals surface area (Å²) in [6, 6.07) is 12.6. The van der Waals surface area contributed by atoms with E-state index in [1.165, 1.54) is 0 Å². The van der Waals surface area contributed by atoms with Crippen LogP contribution < -0.4 is 14.8 Å². The highest BCUT2D eigenvalue weighted by Gasteiger charge is 2.11. The maximum Gasteiger partial charge on any atom is 0.251 e. The average molecular weight is 348 g/mol. The van der Waals surface area contributed by atoms with Gasteiger partial charge in [-0.1, -0.05) is 37.6 Å². The molecule has 0 aromatic heterocycles. The van der Waals surface area contributed by atoms with E-state index in [9.17, 15) is 4.79 Å². The van der Waals surface area contributed by atoms with Crippen LogP contribution in [0.4, 0.5) is 0 Å². The molecule has 0 saturated heterocycles. The maximum atomic E-state index is 12.1. The van der Waals surface area contributed by atoms with Crippen molar-refractivity contribution in [2.24, 2.45) is 5.92 Å². The first-order chi connectivity index (χ1) is 11.5. The van der Waals surface area contributed by atoms with E-state index in [1.807, 2.05) is 24.3 Å². The van der Waals surface area contributed by atoms with Gasteiger partial charge in [-0.2, -0.15) is 0 Å². The SMILES string of the molecule is COc1cc(C(=O)NCC(C)C)ccc1OCc1ccc(Cl)cc1. The summed E-state index contributed by atoms with van der Waals surface area (Å²) in [5.41, 5.74) is 1.55. The van der Waals surface area contributed by atoms with Crippen molar-refractivity contribution < 1.29 is 14.3 Å². The number of carbonyl (C=O) groups is 1. The summed E-state index contributed by atoms with van der Waals surface area (Å²) in [4.78, 5) is 12.1. The standard InChI is InChI=1S/C19H22ClNO3/c1-13(2)11-21-19(22)15-6-9-17(18(10-15)23-3)24-12-14-4-7-16(20)8-5-14/h4-10,13H,11-12H2,1-3H3,(H,21,22). The van der Waals surface area contributed by atoms with E-state index in [4.69, 9.17) is 21.1 Å². The summed E-state index contributed by atoms with van der Waals surface area (Å²) in [5.74, 6) is 1.40. The molecule has 4 nitrogen and oxygen atoms in total. The lowest BCUT2D eigenvalue weighted by molar-refractivity contribution is 0.0948. The molecule has 0 atom stereocenters. The first-order valence-electron chi connectivity index (χ1n) is 7.83. The minimum atomic E-state index is -0.119. The van der Waals surface area contributed by atoms with Gasteiger partial charge in [-0.25, -0.2) is 0 Å². The molecule has 5 heteroatoms. The molecule has 0 aliphatic rings. The van der Waals surface area contributed by atoms with Gasteiger partial charge in [0.2, 0.25) is 0 Å². The van der Waals surface area contributed by atoms with Crippen molar-refractivity contribution in [1.82, 2.24) is 5.32 Å². The van der Waals surface area contributed by atoms with Crippen molar-refractivity contribution in [2.75, 3.05) is 13.7 Å². The molecular weight excluding hydrogens is 326 g/mol. The third kappa shape index (κ3) is 5.17. The topological polar surface area (TPSA) is 47.6 Å². The fourth-order valence-electron chi connectivity index (χ4n) is 2.07. The zero-order valence-corrected chi connectivity index (χ0v) is 14.9. The van der Waals surface area contributed by atoms with E-state index < -0.39 is 0 Å². The third-order valence-corrected chi connectivity index (χ3v) is 3.66. The monoisotopic (exact) mass is 347 g/mol. The quantitative estimate of drug-likeness (QED) is 0.811. The first-order valence-corrected chi connectivity index (χ1v) is 8.21. The molecular formula is C19H22ClNO3. The molecule has 0 fully saturated rings. The Morgan fingerprint density at radius 3 is 2.46 bits per heavy atom. The number of methoxy groups -OCH3 is 1. The number of amides is 1. The second kappa shape index (κ2) is 8.60. The van der Waals surface area contributed by atoms with Gasteiger partial charge >= 0.3 is 0 Å². The average Bonchev–Trinajstić information content (AvgIpc) is 2.59. The maximum absolute atomic E-state index is 12.1. The van der Waals surface area contributed by atoms with E-state index >= 15 is 0 Å². The highest BCUT2D eigenvalue weighted by molar-refractivity contribution is 6.30. The van der Waals surface area contributed by atoms with Crippen LogP contribution in [0.1, 0.15) is 29.8 Å². The smallest absolute Gasteiger partial charge is 0.251 e. The number of carbonyl (C=O) groups excluding carboxylic acids is 1. The number of hydrogen-bond acceptors (Lipinski definition) is 3. The fourth-order valence-corrected chi connectivity index (χ4v) is 2.19. The van der Waals surface area contributed by atoms with Crippen LogP contribution in [0.3, 0.4) is 0 Å². The van der Waals surface area contributed by atoms with Crippen LogP contribution in [0, 0.1) is 5.92 Å². The molecule has 1 N–H and O–H groups in total. The number of hydrogen-bond donors (Lipinski definition) is 1. The molecule has 0 radical (unpaired) electrons. The van der Waals surface area contributed by atoms with Crippen LogP contribution in [0.5, 0.6) is 11.5 Å². The number of halogens is 1. The summed E-state index contributed by atoms with van der Waals surface area (Å²) < 4.78 is 11.1. The molecule has 0 unspecified atom stereocenters. The van der Waals surface area contributed by atoms with Gasteiger partial charge in [-0.3, -0.25) is 4.79 Å². The summed E-state index contributed by atoms with van der Waals surface area (Å²) in [5, 5.41) is 3.57. The van der Waals surface area contributed by atoms with Gasteiger partial charge < -0.3 is 14.8 Å². The van der Waals surface area contributed by atoms with E-state index in [1.54, 1.807) is 25.3 Å². The Morgan fingerprint density at radius 2 is 1.83 bits per heavy atom. The lowest BCUT2D eigenvalue weighted by atomic mass is 10.1. The predicted octanol–water partition coefficient (Wildman–Crippen LogP) is 4.31. The van der Waals surface area contributed by atoms with E-state index in [-0.39, 0.29) is 5.91 Å². The molecule has 2 aromatic rings. The molecule has 24 heavy (non-hydrogen) atoms. The zero-order chi connectivity index (χ0) is 17.5. The van der Waals surface area contributed by atoms with Crippen LogP contribution in [-0.2, 0) is 6.61 Å². The molecule has 2 rings (SSSR count). The molecule has 1 amide bonds. The minimum absolute atomic E-state index is 0.119. The Kier molecular flexibility index (Phi) is 6.50. The number of benzene rings is 2. The Morgan fingerprint density at radius 1 is 1.12 bits per heavy atom. The fraction of sp³-hybridized carbons (Fsp3) is 0.316. The Balaban J connectivity index is 2.05. The van der Waals surface area contributed by atoms with E-state index in [0.717, 1.165) is 5.56 Å². The van der Waals surface area contributed by atoms with Gasteiger partial charge in [-0.05, 0) is 41.8 Å². The van der Waals surface area contributed by atoms with Crippen LogP contribution in [0.15, 0.2) is 42.5 Å². The minimum Gasteiger partial charge on any atom is -0.493 e. The van der Waals surface area contributed by atoms with Gasteiger partial charge in [0.15, 0.2) is 11.5 Å². The summed E-state index contributed by atoms with van der Waals surface area (Å²) in [6.45, 7) is 5.13. The van der Waals surface area contributed by atoms with Gasteiger partial charge in [0.1, 0.15) is 6.61 Å². The summed E-state index contributed by atoms with van der Waals surface area (Å²) >= 11 is 5.87. The first kappa shape index (κ1) is 18.1. The Bertz CT molecular complexity index is 684. The Hall–Kier alpha value is -2.20. The van der Waals surface area contributed by atoms with E-state index in [0.29, 0.717) is 41.2 Å². The van der Waals surface area contributed by atoms with Gasteiger partial charge in [-0.15, -0.1) is 0 Å². The molecule has 128 valence electrons. The molecule has 0 heterocycles. The highest BCUT2D eigenvalue weighted by atomic mass is 35.5. The van der Waals surface area contributed by atoms with Crippen LogP contribution in [0.25, 0.3) is 0 Å². The molecule has 2 aromatic carbocycles. The highest BCUT2D eigenvalue weighted by Crippen LogP contribution is 2.29. The van der Waals surface area contributed by atoms with Crippen molar-refractivity contribution in [3.8, 4) is 11.5 Å². The van der Waals surface area contributed by atoms with Gasteiger partial charge in [0, 0.05) is 17.1 Å². The molecule has 0 spiro atoms. The summed E-state index contributed by atoms with van der Waals surface area (Å²) in [7, 11) is 1.56. The third-order valence-electron chi connectivity index (χ3n) is 3.40. The van der Waals surface area contributed by atoms with Crippen LogP contribution in [-0.4, -0.2) is 19.6 Å². The van der Waals surface area contributed by atoms with Gasteiger partial charge in [0.05, 0.1) is 7.11 Å². The van der Waals surface area contributed by atoms with Crippen molar-refractivity contribution in [3.63, 3.8) is 0 Å². The normalized spacial score (nSPS) is 10.5. The number of nitrogens with one attached hydrogen (secondary N) is 1. The van der Waals surface area contributed by atoms with Gasteiger partial charge in [0.25, 0.3) is 5.91 Å². The molecule has 0 aliphatic heterocycles. The van der Waals surface area contributed by atoms with Crippen molar-refractivity contribution >= 4 is 17.5 Å². The van der Waals surface area contributed by atoms with Crippen LogP contribution >= 0.6 is 11.6 Å². The lowest BCUT2D eigenvalue weighted by Crippen LogP contribution is -2.27. The summed E-state index contributed by atoms with van der Waals surface area (Å²) in [6.07, 6.45) is 0. The molecule has 0 saturated carbocycles. The largest absolute Gasteiger partial charge is 0.493 e. The van der Waals surface area contributed by atoms with E-state index in [2.05, 4.69) is 19.2 Å². The number of ether oxygens (including phenoxy) is 2. The van der Waals surface area contributed by atoms with Crippen molar-refractivity contribution in [3.05, 3.63) is 58.6 Å². The Labute approximate surface area is 147 Å². The van der Waals surface area contributed by atoms with Crippen molar-refractivity contribution in [1.29, 1.82) is 0 Å².